The van der Waals surface area contributed by atoms with Crippen LogP contribution in [0.2, 0.25) is 5.02 Å². The number of carbonyl (C=O) groups is 1. The molecule has 1 fully saturated rings. The van der Waals surface area contributed by atoms with Crippen LogP contribution in [0, 0.1) is 6.92 Å². The Bertz CT molecular complexity index is 1370. The fourth-order valence-corrected chi connectivity index (χ4v) is 5.20. The van der Waals surface area contributed by atoms with Gasteiger partial charge in [-0.05, 0) is 36.8 Å². The fourth-order valence-electron chi connectivity index (χ4n) is 3.98. The first-order valence-electron chi connectivity index (χ1n) is 10.8. The molecule has 10 heteroatoms. The van der Waals surface area contributed by atoms with E-state index in [0.717, 1.165) is 28.9 Å². The Balaban J connectivity index is 1.47. The molecule has 8 nitrogen and oxygen atoms in total. The second-order valence-electron chi connectivity index (χ2n) is 7.94. The Labute approximate surface area is 198 Å². The van der Waals surface area contributed by atoms with Crippen molar-refractivity contribution in [3.05, 3.63) is 57.5 Å². The van der Waals surface area contributed by atoms with E-state index in [1.165, 1.54) is 15.9 Å². The molecule has 172 valence electrons. The van der Waals surface area contributed by atoms with Crippen LogP contribution in [0.5, 0.6) is 0 Å². The molecule has 2 aromatic heterocycles. The lowest BCUT2D eigenvalue weighted by Crippen LogP contribution is -2.44. The third-order valence-electron chi connectivity index (χ3n) is 5.88. The molecule has 0 N–H and O–H groups in total. The molecule has 1 saturated heterocycles. The van der Waals surface area contributed by atoms with Gasteiger partial charge in [-0.1, -0.05) is 35.1 Å². The first-order valence-corrected chi connectivity index (χ1v) is 11.9. The van der Waals surface area contributed by atoms with Crippen molar-refractivity contribution in [2.75, 3.05) is 44.3 Å². The van der Waals surface area contributed by atoms with Crippen LogP contribution in [0.15, 0.2) is 45.6 Å². The fraction of sp³-hybridized carbons (Fsp3) is 0.348. The third kappa shape index (κ3) is 4.41. The number of amides is 1. The number of aryl methyl sites for hydroxylation is 1. The molecule has 0 radical (unpaired) electrons. The minimum absolute atomic E-state index is 0.130. The highest BCUT2D eigenvalue weighted by molar-refractivity contribution is 7.22. The van der Waals surface area contributed by atoms with Gasteiger partial charge in [0.15, 0.2) is 10.7 Å². The van der Waals surface area contributed by atoms with Gasteiger partial charge in [-0.25, -0.2) is 9.78 Å². The van der Waals surface area contributed by atoms with Crippen LogP contribution >= 0.6 is 22.9 Å². The van der Waals surface area contributed by atoms with E-state index in [2.05, 4.69) is 4.90 Å². The molecule has 1 aliphatic rings. The number of hydrogen-bond acceptors (Lipinski definition) is 7. The van der Waals surface area contributed by atoms with E-state index >= 15 is 0 Å². The summed E-state index contributed by atoms with van der Waals surface area (Å²) in [5.41, 5.74) is 2.73. The molecule has 5 rings (SSSR count). The second-order valence-corrected chi connectivity index (χ2v) is 9.35. The van der Waals surface area contributed by atoms with Crippen molar-refractivity contribution in [3.63, 3.8) is 0 Å². The maximum Gasteiger partial charge on any atom is 0.420 e. The zero-order valence-corrected chi connectivity index (χ0v) is 19.7. The summed E-state index contributed by atoms with van der Waals surface area (Å²) < 4.78 is 13.1. The average Bonchev–Trinajstić information content (AvgIpc) is 3.39. The van der Waals surface area contributed by atoms with Gasteiger partial charge in [0.05, 0.1) is 28.9 Å². The normalized spacial score (nSPS) is 14.8. The number of anilines is 1. The molecular weight excluding hydrogens is 464 g/mol. The van der Waals surface area contributed by atoms with E-state index in [0.29, 0.717) is 47.6 Å². The van der Waals surface area contributed by atoms with Crippen molar-refractivity contribution < 1.29 is 13.9 Å². The van der Waals surface area contributed by atoms with Gasteiger partial charge < -0.3 is 9.15 Å². The topological polar surface area (TPSA) is 80.8 Å². The van der Waals surface area contributed by atoms with E-state index in [1.807, 2.05) is 25.1 Å². The number of para-hydroxylation sites is 2. The van der Waals surface area contributed by atoms with Gasteiger partial charge in [0.2, 0.25) is 5.91 Å². The molecule has 0 bridgehead atoms. The molecule has 1 aliphatic heterocycles. The van der Waals surface area contributed by atoms with Crippen molar-refractivity contribution in [2.45, 2.75) is 13.5 Å². The first kappa shape index (κ1) is 22.1. The van der Waals surface area contributed by atoms with Crippen LogP contribution in [0.25, 0.3) is 21.3 Å². The Morgan fingerprint density at radius 2 is 2.00 bits per heavy atom. The van der Waals surface area contributed by atoms with Gasteiger partial charge in [0.1, 0.15) is 6.54 Å². The number of thiazole rings is 1. The smallest absolute Gasteiger partial charge is 0.408 e. The Kier molecular flexibility index (Phi) is 6.20. The molecule has 2 aromatic carbocycles. The number of nitrogens with zero attached hydrogens (tertiary/aromatic N) is 4. The van der Waals surface area contributed by atoms with Crippen LogP contribution < -0.4 is 10.7 Å². The van der Waals surface area contributed by atoms with Gasteiger partial charge in [0.25, 0.3) is 0 Å². The maximum absolute atomic E-state index is 13.5. The summed E-state index contributed by atoms with van der Waals surface area (Å²) in [7, 11) is 0. The van der Waals surface area contributed by atoms with Crippen molar-refractivity contribution in [3.8, 4) is 0 Å². The number of benzene rings is 2. The molecular formula is C23H23ClN4O4S. The van der Waals surface area contributed by atoms with E-state index in [1.54, 1.807) is 23.1 Å². The number of aromatic nitrogens is 2. The van der Waals surface area contributed by atoms with Gasteiger partial charge in [-0.3, -0.25) is 19.2 Å². The zero-order valence-electron chi connectivity index (χ0n) is 18.1. The number of oxazole rings is 1. The van der Waals surface area contributed by atoms with E-state index in [-0.39, 0.29) is 12.5 Å². The lowest BCUT2D eigenvalue weighted by atomic mass is 10.2. The molecule has 0 spiro atoms. The lowest BCUT2D eigenvalue weighted by Gasteiger charge is -2.29. The molecule has 0 aliphatic carbocycles. The number of fused-ring (bicyclic) bond motifs is 2. The molecule has 0 unspecified atom stereocenters. The minimum atomic E-state index is -0.551. The number of hydrogen-bond donors (Lipinski definition) is 0. The number of halogens is 1. The van der Waals surface area contributed by atoms with Crippen molar-refractivity contribution in [1.29, 1.82) is 0 Å². The monoisotopic (exact) mass is 486 g/mol. The molecule has 0 atom stereocenters. The number of ether oxygens (including phenoxy) is 1. The lowest BCUT2D eigenvalue weighted by molar-refractivity contribution is -0.119. The van der Waals surface area contributed by atoms with Crippen LogP contribution in [0.3, 0.4) is 0 Å². The summed E-state index contributed by atoms with van der Waals surface area (Å²) in [5.74, 6) is -0.774. The molecule has 0 saturated carbocycles. The first-order chi connectivity index (χ1) is 16.0. The van der Waals surface area contributed by atoms with Crippen LogP contribution in [0.1, 0.15) is 5.56 Å². The van der Waals surface area contributed by atoms with Crippen LogP contribution in [-0.2, 0) is 16.1 Å². The molecule has 1 amide bonds. The van der Waals surface area contributed by atoms with Gasteiger partial charge >= 0.3 is 5.76 Å². The molecule has 33 heavy (non-hydrogen) atoms. The third-order valence-corrected chi connectivity index (χ3v) is 7.33. The number of morpholine rings is 1. The second kappa shape index (κ2) is 9.26. The van der Waals surface area contributed by atoms with Gasteiger partial charge in [-0.15, -0.1) is 0 Å². The summed E-state index contributed by atoms with van der Waals surface area (Å²) in [6.45, 7) is 5.94. The Morgan fingerprint density at radius 1 is 1.21 bits per heavy atom. The van der Waals surface area contributed by atoms with Crippen molar-refractivity contribution >= 4 is 55.3 Å². The molecule has 3 heterocycles. The van der Waals surface area contributed by atoms with E-state index < -0.39 is 5.76 Å². The van der Waals surface area contributed by atoms with Crippen molar-refractivity contribution in [1.82, 2.24) is 14.5 Å². The minimum Gasteiger partial charge on any atom is -0.408 e. The van der Waals surface area contributed by atoms with Crippen LogP contribution in [-0.4, -0.2) is 59.8 Å². The Morgan fingerprint density at radius 3 is 2.82 bits per heavy atom. The highest BCUT2D eigenvalue weighted by atomic mass is 35.5. The van der Waals surface area contributed by atoms with Crippen LogP contribution in [0.4, 0.5) is 5.13 Å². The summed E-state index contributed by atoms with van der Waals surface area (Å²) in [4.78, 5) is 34.7. The SMILES string of the molecule is Cc1c(Cl)ccc2sc(N(CCN3CCOCC3)C(=O)Cn3c(=O)oc4ccccc43)nc12. The largest absolute Gasteiger partial charge is 0.420 e. The van der Waals surface area contributed by atoms with E-state index in [4.69, 9.17) is 25.7 Å². The number of carbonyl (C=O) groups excluding carboxylic acids is 1. The average molecular weight is 487 g/mol. The number of rotatable bonds is 6. The van der Waals surface area contributed by atoms with Gasteiger partial charge in [0, 0.05) is 31.2 Å². The maximum atomic E-state index is 13.5. The standard InChI is InChI=1S/C23H23ClN4O4S/c1-15-16(24)6-7-19-21(15)25-22(33-19)27(9-8-26-10-12-31-13-11-26)20(29)14-28-17-4-2-3-5-18(17)32-23(28)30/h2-7H,8-14H2,1H3. The van der Waals surface area contributed by atoms with Gasteiger partial charge in [-0.2, -0.15) is 0 Å². The predicted octanol–water partition coefficient (Wildman–Crippen LogP) is 3.53. The summed E-state index contributed by atoms with van der Waals surface area (Å²) >= 11 is 7.73. The van der Waals surface area contributed by atoms with E-state index in [9.17, 15) is 9.59 Å². The quantitative estimate of drug-likeness (QED) is 0.415. The summed E-state index contributed by atoms with van der Waals surface area (Å²) in [6, 6.07) is 10.9. The highest BCUT2D eigenvalue weighted by Gasteiger charge is 2.24. The summed E-state index contributed by atoms with van der Waals surface area (Å²) in [5, 5.41) is 1.23. The Hall–Kier alpha value is -2.72. The predicted molar refractivity (Wildman–Crippen MR) is 129 cm³/mol. The summed E-state index contributed by atoms with van der Waals surface area (Å²) in [6.07, 6.45) is 0. The highest BCUT2D eigenvalue weighted by Crippen LogP contribution is 2.33. The molecule has 4 aromatic rings. The van der Waals surface area contributed by atoms with Crippen molar-refractivity contribution in [2.24, 2.45) is 0 Å². The zero-order chi connectivity index (χ0) is 22.9.